The molecule has 0 unspecified atom stereocenters. The maximum Gasteiger partial charge on any atom is 0.274 e. The Morgan fingerprint density at radius 2 is 1.59 bits per heavy atom. The number of pyridine rings is 1. The molecule has 29 heavy (non-hydrogen) atoms. The van der Waals surface area contributed by atoms with Gasteiger partial charge in [0.25, 0.3) is 11.8 Å². The van der Waals surface area contributed by atoms with Crippen LogP contribution in [0.3, 0.4) is 0 Å². The first-order valence-electron chi connectivity index (χ1n) is 9.59. The van der Waals surface area contributed by atoms with Crippen molar-refractivity contribution in [2.24, 2.45) is 0 Å². The van der Waals surface area contributed by atoms with E-state index in [9.17, 15) is 9.59 Å². The molecule has 0 fully saturated rings. The van der Waals surface area contributed by atoms with Gasteiger partial charge in [-0.3, -0.25) is 14.6 Å². The zero-order valence-electron chi connectivity index (χ0n) is 17.1. The number of rotatable bonds is 5. The van der Waals surface area contributed by atoms with Gasteiger partial charge in [0.05, 0.1) is 0 Å². The maximum atomic E-state index is 12.6. The number of carbonyl (C=O) groups excluding carboxylic acids is 2. The molecule has 0 saturated carbocycles. The van der Waals surface area contributed by atoms with Crippen molar-refractivity contribution in [3.63, 3.8) is 0 Å². The van der Waals surface area contributed by atoms with E-state index in [0.717, 1.165) is 16.8 Å². The van der Waals surface area contributed by atoms with E-state index in [-0.39, 0.29) is 17.5 Å². The molecule has 1 aromatic heterocycles. The van der Waals surface area contributed by atoms with Gasteiger partial charge in [-0.1, -0.05) is 43.7 Å². The molecule has 0 radical (unpaired) electrons. The number of nitrogens with one attached hydrogen (secondary N) is 2. The van der Waals surface area contributed by atoms with Crippen LogP contribution in [0.5, 0.6) is 0 Å². The first-order chi connectivity index (χ1) is 13.8. The van der Waals surface area contributed by atoms with Gasteiger partial charge in [-0.2, -0.15) is 0 Å². The van der Waals surface area contributed by atoms with Crippen LogP contribution < -0.4 is 10.6 Å². The summed E-state index contributed by atoms with van der Waals surface area (Å²) in [6.45, 7) is 8.18. The predicted octanol–water partition coefficient (Wildman–Crippen LogP) is 5.33. The van der Waals surface area contributed by atoms with Crippen LogP contribution in [-0.2, 0) is 0 Å². The van der Waals surface area contributed by atoms with Crippen LogP contribution in [0, 0.1) is 13.8 Å². The molecule has 5 nitrogen and oxygen atoms in total. The van der Waals surface area contributed by atoms with E-state index < -0.39 is 0 Å². The van der Waals surface area contributed by atoms with Crippen molar-refractivity contribution in [1.82, 2.24) is 4.98 Å². The van der Waals surface area contributed by atoms with Crippen molar-refractivity contribution in [3.05, 3.63) is 88.7 Å². The van der Waals surface area contributed by atoms with Crippen molar-refractivity contribution in [3.8, 4) is 0 Å². The van der Waals surface area contributed by atoms with Gasteiger partial charge in [0.15, 0.2) is 0 Å². The molecule has 0 aliphatic carbocycles. The Bertz CT molecular complexity index is 1040. The quantitative estimate of drug-likeness (QED) is 0.622. The van der Waals surface area contributed by atoms with Crippen molar-refractivity contribution in [2.45, 2.75) is 33.6 Å². The molecule has 0 aliphatic heterocycles. The fraction of sp³-hybridized carbons (Fsp3) is 0.208. The van der Waals surface area contributed by atoms with E-state index in [1.807, 2.05) is 56.3 Å². The van der Waals surface area contributed by atoms with Gasteiger partial charge in [-0.05, 0) is 61.2 Å². The first-order valence-corrected chi connectivity index (χ1v) is 9.59. The van der Waals surface area contributed by atoms with Crippen LogP contribution >= 0.6 is 0 Å². The summed E-state index contributed by atoms with van der Waals surface area (Å²) in [5.41, 5.74) is 5.30. The molecule has 0 bridgehead atoms. The third-order valence-corrected chi connectivity index (χ3v) is 4.72. The fourth-order valence-corrected chi connectivity index (χ4v) is 2.99. The monoisotopic (exact) mass is 387 g/mol. The van der Waals surface area contributed by atoms with E-state index in [0.29, 0.717) is 17.2 Å². The topological polar surface area (TPSA) is 71.1 Å². The molecule has 0 spiro atoms. The second-order valence-electron chi connectivity index (χ2n) is 7.43. The van der Waals surface area contributed by atoms with Crippen LogP contribution in [0.1, 0.15) is 57.3 Å². The predicted molar refractivity (Wildman–Crippen MR) is 117 cm³/mol. The summed E-state index contributed by atoms with van der Waals surface area (Å²) in [7, 11) is 0. The minimum Gasteiger partial charge on any atom is -0.322 e. The van der Waals surface area contributed by atoms with Gasteiger partial charge >= 0.3 is 0 Å². The lowest BCUT2D eigenvalue weighted by molar-refractivity contribution is 0.102. The zero-order valence-corrected chi connectivity index (χ0v) is 17.1. The zero-order chi connectivity index (χ0) is 21.0. The third-order valence-electron chi connectivity index (χ3n) is 4.72. The smallest absolute Gasteiger partial charge is 0.274 e. The Hall–Kier alpha value is -3.47. The summed E-state index contributed by atoms with van der Waals surface area (Å²) in [5.74, 6) is -0.216. The highest BCUT2D eigenvalue weighted by atomic mass is 16.2. The van der Waals surface area contributed by atoms with Gasteiger partial charge in [-0.15, -0.1) is 0 Å². The first kappa shape index (κ1) is 20.3. The van der Waals surface area contributed by atoms with Gasteiger partial charge < -0.3 is 10.6 Å². The van der Waals surface area contributed by atoms with E-state index in [4.69, 9.17) is 0 Å². The Morgan fingerprint density at radius 3 is 2.24 bits per heavy atom. The van der Waals surface area contributed by atoms with E-state index in [1.165, 1.54) is 17.8 Å². The highest BCUT2D eigenvalue weighted by molar-refractivity contribution is 6.08. The second kappa shape index (κ2) is 8.69. The lowest BCUT2D eigenvalue weighted by Gasteiger charge is -2.10. The number of benzene rings is 2. The van der Waals surface area contributed by atoms with Gasteiger partial charge in [0.1, 0.15) is 5.69 Å². The summed E-state index contributed by atoms with van der Waals surface area (Å²) in [6.07, 6.45) is 1.47. The highest BCUT2D eigenvalue weighted by Crippen LogP contribution is 2.19. The molecule has 2 aromatic carbocycles. The number of hydrogen-bond donors (Lipinski definition) is 2. The van der Waals surface area contributed by atoms with Gasteiger partial charge in [0, 0.05) is 23.1 Å². The molecule has 2 N–H and O–H groups in total. The maximum absolute atomic E-state index is 12.6. The summed E-state index contributed by atoms with van der Waals surface area (Å²) in [4.78, 5) is 29.3. The van der Waals surface area contributed by atoms with E-state index in [1.54, 1.807) is 6.07 Å². The van der Waals surface area contributed by atoms with Crippen molar-refractivity contribution < 1.29 is 9.59 Å². The largest absolute Gasteiger partial charge is 0.322 e. The molecule has 0 aliphatic rings. The van der Waals surface area contributed by atoms with Crippen LogP contribution in [0.2, 0.25) is 0 Å². The van der Waals surface area contributed by atoms with Crippen LogP contribution in [-0.4, -0.2) is 16.8 Å². The minimum atomic E-state index is -0.358. The summed E-state index contributed by atoms with van der Waals surface area (Å²) >= 11 is 0. The number of aromatic nitrogens is 1. The highest BCUT2D eigenvalue weighted by Gasteiger charge is 2.13. The minimum absolute atomic E-state index is 0.186. The molecule has 5 heteroatoms. The van der Waals surface area contributed by atoms with Crippen LogP contribution in [0.4, 0.5) is 11.4 Å². The summed E-state index contributed by atoms with van der Waals surface area (Å²) in [6, 6.07) is 16.6. The molecule has 3 rings (SSSR count). The number of nitrogens with zero attached hydrogens (tertiary/aromatic N) is 1. The SMILES string of the molecule is Cc1ccc(NC(=O)c2ccnc(C(=O)Nc3ccc(C(C)C)cc3)c2)c(C)c1. The molecule has 2 amide bonds. The molecular formula is C24H25N3O2. The summed E-state index contributed by atoms with van der Waals surface area (Å²) in [5, 5.41) is 5.71. The molecular weight excluding hydrogens is 362 g/mol. The second-order valence-corrected chi connectivity index (χ2v) is 7.43. The molecule has 148 valence electrons. The van der Waals surface area contributed by atoms with Crippen LogP contribution in [0.25, 0.3) is 0 Å². The van der Waals surface area contributed by atoms with Crippen LogP contribution in [0.15, 0.2) is 60.8 Å². The van der Waals surface area contributed by atoms with E-state index >= 15 is 0 Å². The fourth-order valence-electron chi connectivity index (χ4n) is 2.99. The molecule has 0 saturated heterocycles. The molecule has 0 atom stereocenters. The Balaban J connectivity index is 1.72. The molecule has 1 heterocycles. The van der Waals surface area contributed by atoms with Crippen molar-refractivity contribution in [2.75, 3.05) is 10.6 Å². The van der Waals surface area contributed by atoms with Crippen molar-refractivity contribution in [1.29, 1.82) is 0 Å². The van der Waals surface area contributed by atoms with Gasteiger partial charge in [-0.25, -0.2) is 0 Å². The van der Waals surface area contributed by atoms with Gasteiger partial charge in [0.2, 0.25) is 0 Å². The van der Waals surface area contributed by atoms with E-state index in [2.05, 4.69) is 29.5 Å². The lowest BCUT2D eigenvalue weighted by Crippen LogP contribution is -2.17. The van der Waals surface area contributed by atoms with Crippen molar-refractivity contribution >= 4 is 23.2 Å². The number of amides is 2. The normalized spacial score (nSPS) is 10.7. The Labute approximate surface area is 171 Å². The Kier molecular flexibility index (Phi) is 6.07. The number of hydrogen-bond acceptors (Lipinski definition) is 3. The summed E-state index contributed by atoms with van der Waals surface area (Å²) < 4.78 is 0. The molecule has 3 aromatic rings. The Morgan fingerprint density at radius 1 is 0.862 bits per heavy atom. The third kappa shape index (κ3) is 5.08. The number of carbonyl (C=O) groups is 2. The number of aryl methyl sites for hydroxylation is 2. The average Bonchev–Trinajstić information content (AvgIpc) is 2.70. The lowest BCUT2D eigenvalue weighted by atomic mass is 10.0. The number of anilines is 2. The standard InChI is InChI=1S/C24H25N3O2/c1-15(2)18-6-8-20(9-7-18)26-24(29)22-14-19(11-12-25-22)23(28)27-21-10-5-16(3)13-17(21)4/h5-15H,1-4H3,(H,26,29)(H,27,28). The average molecular weight is 387 g/mol.